The largest absolute Gasteiger partial charge is 0.504 e. The number of nitrogens with two attached hydrogens (primary N) is 2. The predicted octanol–water partition coefficient (Wildman–Crippen LogP) is -0.911. The van der Waals surface area contributed by atoms with Gasteiger partial charge in [-0.25, -0.2) is 4.99 Å². The molecule has 12 nitrogen and oxygen atoms in total. The highest BCUT2D eigenvalue weighted by atomic mass is 16.7. The molecular weight excluding hydrogens is 474 g/mol. The SMILES string of the molecule is NC(N)=N[C@H]1CCOC[C@@H]2O[C@H](Oc3c1cc1c(c3O)C(=O)c3ccccc3C1=O)[C@@H](O)[C@H](O)[C@H]2O. The summed E-state index contributed by atoms with van der Waals surface area (Å²) in [6.07, 6.45) is -7.32. The van der Waals surface area contributed by atoms with Crippen molar-refractivity contribution in [3.63, 3.8) is 0 Å². The molecule has 1 fully saturated rings. The van der Waals surface area contributed by atoms with Crippen molar-refractivity contribution in [2.75, 3.05) is 13.2 Å². The minimum absolute atomic E-state index is 0.0599. The number of hydrogen-bond acceptors (Lipinski definition) is 10. The van der Waals surface area contributed by atoms with E-state index >= 15 is 0 Å². The molecule has 5 rings (SSSR count). The van der Waals surface area contributed by atoms with Crippen LogP contribution in [0.3, 0.4) is 0 Å². The Morgan fingerprint density at radius 1 is 0.972 bits per heavy atom. The number of rotatable bonds is 1. The molecule has 2 aliphatic heterocycles. The van der Waals surface area contributed by atoms with Crippen LogP contribution in [-0.2, 0) is 9.47 Å². The van der Waals surface area contributed by atoms with Crippen LogP contribution in [0, 0.1) is 0 Å². The van der Waals surface area contributed by atoms with E-state index in [-0.39, 0.29) is 59.2 Å². The molecule has 2 heterocycles. The molecule has 6 atom stereocenters. The van der Waals surface area contributed by atoms with Crippen molar-refractivity contribution in [2.24, 2.45) is 16.5 Å². The Morgan fingerprint density at radius 3 is 2.36 bits per heavy atom. The van der Waals surface area contributed by atoms with Crippen molar-refractivity contribution in [1.82, 2.24) is 0 Å². The van der Waals surface area contributed by atoms with Crippen molar-refractivity contribution in [1.29, 1.82) is 0 Å². The number of carbonyl (C=O) groups excluding carboxylic acids is 2. The van der Waals surface area contributed by atoms with Gasteiger partial charge in [-0.3, -0.25) is 9.59 Å². The van der Waals surface area contributed by atoms with E-state index < -0.39 is 54.1 Å². The Hall–Kier alpha value is -3.55. The van der Waals surface area contributed by atoms with Crippen molar-refractivity contribution in [3.8, 4) is 11.5 Å². The van der Waals surface area contributed by atoms with Gasteiger partial charge in [0.1, 0.15) is 24.4 Å². The highest BCUT2D eigenvalue weighted by molar-refractivity contribution is 6.29. The number of nitrogens with zero attached hydrogens (tertiary/aromatic N) is 1. The summed E-state index contributed by atoms with van der Waals surface area (Å²) in [7, 11) is 0. The quantitative estimate of drug-likeness (QED) is 0.178. The first-order valence-electron chi connectivity index (χ1n) is 11.3. The molecule has 1 aliphatic carbocycles. The Labute approximate surface area is 204 Å². The van der Waals surface area contributed by atoms with E-state index in [1.165, 1.54) is 18.2 Å². The fourth-order valence-corrected chi connectivity index (χ4v) is 4.74. The summed E-state index contributed by atoms with van der Waals surface area (Å²) in [5.41, 5.74) is 11.4. The second-order valence-corrected chi connectivity index (χ2v) is 8.84. The summed E-state index contributed by atoms with van der Waals surface area (Å²) in [5, 5.41) is 42.5. The molecule has 36 heavy (non-hydrogen) atoms. The Morgan fingerprint density at radius 2 is 1.67 bits per heavy atom. The molecule has 1 saturated heterocycles. The second-order valence-electron chi connectivity index (χ2n) is 8.84. The van der Waals surface area contributed by atoms with E-state index in [2.05, 4.69) is 4.99 Å². The Kier molecular flexibility index (Phi) is 6.14. The van der Waals surface area contributed by atoms with Gasteiger partial charge in [-0.05, 0) is 12.5 Å². The van der Waals surface area contributed by atoms with E-state index in [0.29, 0.717) is 0 Å². The maximum atomic E-state index is 13.3. The zero-order valence-corrected chi connectivity index (χ0v) is 18.9. The first kappa shape index (κ1) is 24.2. The molecule has 2 bridgehead atoms. The normalized spacial score (nSPS) is 29.6. The van der Waals surface area contributed by atoms with Crippen molar-refractivity contribution in [3.05, 3.63) is 58.1 Å². The van der Waals surface area contributed by atoms with E-state index in [0.717, 1.165) is 0 Å². The van der Waals surface area contributed by atoms with Crippen LogP contribution in [-0.4, -0.2) is 81.9 Å². The molecule has 8 N–H and O–H groups in total. The van der Waals surface area contributed by atoms with E-state index in [4.69, 9.17) is 25.7 Å². The van der Waals surface area contributed by atoms with Gasteiger partial charge in [0.2, 0.25) is 6.29 Å². The number of benzene rings is 2. The number of aliphatic imine (C=N–C) groups is 1. The lowest BCUT2D eigenvalue weighted by Crippen LogP contribution is -2.60. The fraction of sp³-hybridized carbons (Fsp3) is 0.375. The molecule has 0 spiro atoms. The number of aliphatic hydroxyl groups excluding tert-OH is 3. The molecule has 3 aliphatic rings. The van der Waals surface area contributed by atoms with Crippen LogP contribution in [0.4, 0.5) is 0 Å². The minimum Gasteiger partial charge on any atom is -0.504 e. The standard InChI is InChI=1S/C24H25N3O9/c25-24(26)27-13-5-6-34-8-14-18(30)20(32)21(33)23(35-14)36-22-11(13)7-12-15(19(22)31)17(29)10-4-2-1-3-9(10)16(12)28/h1-4,7,13-14,18,20-21,23,30-33H,5-6,8H2,(H4,25,26,27)/t13-,14-,18-,20+,21-,23+/m0/s1. The molecular formula is C24H25N3O9. The van der Waals surface area contributed by atoms with E-state index in [9.17, 15) is 30.0 Å². The molecule has 190 valence electrons. The third-order valence-corrected chi connectivity index (χ3v) is 6.56. The molecule has 0 amide bonds. The zero-order chi connectivity index (χ0) is 25.7. The monoisotopic (exact) mass is 499 g/mol. The number of aliphatic hydroxyl groups is 3. The molecule has 0 unspecified atom stereocenters. The molecule has 0 aromatic heterocycles. The van der Waals surface area contributed by atoms with Crippen LogP contribution in [0.1, 0.15) is 49.9 Å². The maximum absolute atomic E-state index is 13.3. The summed E-state index contributed by atoms with van der Waals surface area (Å²) >= 11 is 0. The van der Waals surface area contributed by atoms with Gasteiger partial charge in [-0.2, -0.15) is 0 Å². The van der Waals surface area contributed by atoms with Crippen LogP contribution in [0.5, 0.6) is 11.5 Å². The summed E-state index contributed by atoms with van der Waals surface area (Å²) in [4.78, 5) is 30.8. The number of aromatic hydroxyl groups is 1. The summed E-state index contributed by atoms with van der Waals surface area (Å²) in [5.74, 6) is -2.35. The van der Waals surface area contributed by atoms with Gasteiger partial charge < -0.3 is 46.1 Å². The van der Waals surface area contributed by atoms with Crippen LogP contribution < -0.4 is 16.2 Å². The van der Waals surface area contributed by atoms with E-state index in [1.807, 2.05) is 0 Å². The number of guanidine groups is 1. The first-order valence-corrected chi connectivity index (χ1v) is 11.3. The lowest BCUT2D eigenvalue weighted by atomic mass is 9.81. The Balaban J connectivity index is 1.71. The van der Waals surface area contributed by atoms with Crippen LogP contribution >= 0.6 is 0 Å². The van der Waals surface area contributed by atoms with Crippen LogP contribution in [0.15, 0.2) is 35.3 Å². The highest BCUT2D eigenvalue weighted by Crippen LogP contribution is 2.46. The molecule has 12 heteroatoms. The van der Waals surface area contributed by atoms with Crippen LogP contribution in [0.2, 0.25) is 0 Å². The summed E-state index contributed by atoms with van der Waals surface area (Å²) < 4.78 is 17.1. The third-order valence-electron chi connectivity index (χ3n) is 6.56. The Bertz CT molecular complexity index is 1260. The minimum atomic E-state index is -1.72. The predicted molar refractivity (Wildman–Crippen MR) is 123 cm³/mol. The molecule has 0 saturated carbocycles. The van der Waals surface area contributed by atoms with Gasteiger partial charge in [-0.15, -0.1) is 0 Å². The summed E-state index contributed by atoms with van der Waals surface area (Å²) in [6.45, 7) is -0.0885. The van der Waals surface area contributed by atoms with Gasteiger partial charge in [0.15, 0.2) is 29.0 Å². The van der Waals surface area contributed by atoms with E-state index in [1.54, 1.807) is 12.1 Å². The second kappa shape index (κ2) is 9.15. The highest BCUT2D eigenvalue weighted by Gasteiger charge is 2.46. The van der Waals surface area contributed by atoms with Gasteiger partial charge in [0, 0.05) is 28.9 Å². The van der Waals surface area contributed by atoms with Crippen molar-refractivity contribution < 1.29 is 44.2 Å². The van der Waals surface area contributed by atoms with Gasteiger partial charge >= 0.3 is 0 Å². The third kappa shape index (κ3) is 3.88. The number of fused-ring (bicyclic) bond motifs is 5. The molecule has 0 radical (unpaired) electrons. The number of carbonyl (C=O) groups is 2. The molecule has 2 aromatic carbocycles. The smallest absolute Gasteiger partial charge is 0.229 e. The number of ketones is 2. The van der Waals surface area contributed by atoms with Gasteiger partial charge in [-0.1, -0.05) is 24.3 Å². The van der Waals surface area contributed by atoms with Crippen molar-refractivity contribution >= 4 is 17.5 Å². The maximum Gasteiger partial charge on any atom is 0.229 e. The lowest BCUT2D eigenvalue weighted by Gasteiger charge is -2.40. The molecule has 2 aromatic rings. The van der Waals surface area contributed by atoms with Gasteiger partial charge in [0.05, 0.1) is 18.2 Å². The number of phenols is 1. The van der Waals surface area contributed by atoms with Gasteiger partial charge in [0.25, 0.3) is 0 Å². The summed E-state index contributed by atoms with van der Waals surface area (Å²) in [6, 6.07) is 6.70. The van der Waals surface area contributed by atoms with Crippen LogP contribution in [0.25, 0.3) is 0 Å². The number of phenolic OH excluding ortho intramolecular Hbond substituents is 1. The number of hydrogen-bond donors (Lipinski definition) is 6. The first-order chi connectivity index (χ1) is 17.2. The topological polar surface area (TPSA) is 207 Å². The number of ether oxygens (including phenoxy) is 3. The lowest BCUT2D eigenvalue weighted by molar-refractivity contribution is -0.279. The average Bonchev–Trinajstić information content (AvgIpc) is 2.88. The van der Waals surface area contributed by atoms with Crippen molar-refractivity contribution in [2.45, 2.75) is 43.2 Å². The fourth-order valence-electron chi connectivity index (χ4n) is 4.74. The zero-order valence-electron chi connectivity index (χ0n) is 18.9. The average molecular weight is 499 g/mol.